The van der Waals surface area contributed by atoms with Crippen LogP contribution < -0.4 is 0 Å². The highest BCUT2D eigenvalue weighted by Crippen LogP contribution is 2.38. The maximum absolute atomic E-state index is 9.29. The molecule has 3 nitrogen and oxygen atoms in total. The van der Waals surface area contributed by atoms with Gasteiger partial charge in [-0.25, -0.2) is 0 Å². The largest absolute Gasteiger partial charge is 0.454 e. The van der Waals surface area contributed by atoms with Crippen molar-refractivity contribution in [2.24, 2.45) is 5.41 Å². The van der Waals surface area contributed by atoms with E-state index in [1.165, 1.54) is 19.4 Å². The predicted molar refractivity (Wildman–Crippen MR) is 47.9 cm³/mol. The first-order valence-electron chi connectivity index (χ1n) is 4.68. The third kappa shape index (κ3) is 1.51. The second-order valence-electron chi connectivity index (χ2n) is 4.31. The summed E-state index contributed by atoms with van der Waals surface area (Å²) in [5.74, 6) is 0. The summed E-state index contributed by atoms with van der Waals surface area (Å²) >= 11 is 0. The minimum atomic E-state index is -0.503. The molecule has 2 aliphatic rings. The van der Waals surface area contributed by atoms with Gasteiger partial charge in [0.15, 0.2) is 0 Å². The first-order chi connectivity index (χ1) is 5.70. The van der Waals surface area contributed by atoms with Gasteiger partial charge >= 0.3 is 7.12 Å². The summed E-state index contributed by atoms with van der Waals surface area (Å²) in [7, 11) is 1.64. The lowest BCUT2D eigenvalue weighted by molar-refractivity contribution is 0.0965. The first kappa shape index (κ1) is 8.54. The average Bonchev–Trinajstić information content (AvgIpc) is 2.32. The number of rotatable bonds is 0. The Morgan fingerprint density at radius 3 is 3.00 bits per heavy atom. The number of hydrogen-bond acceptors (Lipinski definition) is 3. The molecule has 1 atom stereocenters. The van der Waals surface area contributed by atoms with Crippen LogP contribution >= 0.6 is 0 Å². The third-order valence-electron chi connectivity index (χ3n) is 3.04. The van der Waals surface area contributed by atoms with Gasteiger partial charge in [-0.05, 0) is 32.8 Å². The molecule has 68 valence electrons. The fraction of sp³-hybridized carbons (Fsp3) is 1.00. The molecule has 4 heteroatoms. The summed E-state index contributed by atoms with van der Waals surface area (Å²) in [6.07, 6.45) is 3.29. The Hall–Kier alpha value is -0.0551. The standard InChI is InChI=1S/C8H16BNO2/c1-10-4-2-3-8(6-10)5-9(11)12-7-8/h11H,2-7H2,1H3. The zero-order valence-corrected chi connectivity index (χ0v) is 7.62. The van der Waals surface area contributed by atoms with E-state index in [0.29, 0.717) is 0 Å². The molecular weight excluding hydrogens is 153 g/mol. The highest BCUT2D eigenvalue weighted by Gasteiger charge is 2.44. The van der Waals surface area contributed by atoms with Gasteiger partial charge in [0.1, 0.15) is 0 Å². The van der Waals surface area contributed by atoms with Crippen LogP contribution in [0.2, 0.25) is 6.32 Å². The highest BCUT2D eigenvalue weighted by atomic mass is 16.5. The molecule has 12 heavy (non-hydrogen) atoms. The van der Waals surface area contributed by atoms with Gasteiger partial charge in [-0.1, -0.05) is 0 Å². The Bertz CT molecular complexity index is 174. The predicted octanol–water partition coefficient (Wildman–Crippen LogP) is 0.209. The van der Waals surface area contributed by atoms with Gasteiger partial charge < -0.3 is 14.6 Å². The summed E-state index contributed by atoms with van der Waals surface area (Å²) in [6, 6.07) is 0. The molecule has 0 aliphatic carbocycles. The Balaban J connectivity index is 2.00. The molecule has 0 aromatic rings. The van der Waals surface area contributed by atoms with Gasteiger partial charge in [0, 0.05) is 18.6 Å². The fourth-order valence-electron chi connectivity index (χ4n) is 2.50. The Morgan fingerprint density at radius 1 is 1.58 bits per heavy atom. The van der Waals surface area contributed by atoms with Crippen LogP contribution in [0.4, 0.5) is 0 Å². The molecule has 1 spiro atoms. The molecule has 2 fully saturated rings. The van der Waals surface area contributed by atoms with Crippen LogP contribution in [0.15, 0.2) is 0 Å². The Kier molecular flexibility index (Phi) is 2.15. The van der Waals surface area contributed by atoms with E-state index in [9.17, 15) is 5.02 Å². The van der Waals surface area contributed by atoms with Gasteiger partial charge in [0.25, 0.3) is 0 Å². The summed E-state index contributed by atoms with van der Waals surface area (Å²) < 4.78 is 5.22. The zero-order chi connectivity index (χ0) is 8.60. The van der Waals surface area contributed by atoms with Crippen LogP contribution in [0.3, 0.4) is 0 Å². The molecule has 2 rings (SSSR count). The molecule has 2 saturated heterocycles. The van der Waals surface area contributed by atoms with Crippen LogP contribution in [0.5, 0.6) is 0 Å². The van der Waals surface area contributed by atoms with Crippen LogP contribution in [-0.2, 0) is 4.65 Å². The summed E-state index contributed by atoms with van der Waals surface area (Å²) in [4.78, 5) is 2.34. The van der Waals surface area contributed by atoms with Crippen molar-refractivity contribution in [2.45, 2.75) is 19.2 Å². The van der Waals surface area contributed by atoms with E-state index in [2.05, 4.69) is 11.9 Å². The number of hydrogen-bond donors (Lipinski definition) is 1. The quantitative estimate of drug-likeness (QED) is 0.526. The topological polar surface area (TPSA) is 32.7 Å². The van der Waals surface area contributed by atoms with Crippen LogP contribution in [-0.4, -0.2) is 43.8 Å². The van der Waals surface area contributed by atoms with Gasteiger partial charge in [0.05, 0.1) is 0 Å². The Labute approximate surface area is 73.8 Å². The molecule has 2 aliphatic heterocycles. The van der Waals surface area contributed by atoms with E-state index in [1.54, 1.807) is 0 Å². The normalized spacial score (nSPS) is 38.0. The monoisotopic (exact) mass is 169 g/mol. The molecular formula is C8H16BNO2. The lowest BCUT2D eigenvalue weighted by Gasteiger charge is -2.37. The molecule has 0 bridgehead atoms. The van der Waals surface area contributed by atoms with Crippen molar-refractivity contribution >= 4 is 7.12 Å². The number of likely N-dealkylation sites (tertiary alicyclic amines) is 1. The Morgan fingerprint density at radius 2 is 2.42 bits per heavy atom. The van der Waals surface area contributed by atoms with Gasteiger partial charge in [-0.15, -0.1) is 0 Å². The summed E-state index contributed by atoms with van der Waals surface area (Å²) in [6.45, 7) is 3.03. The molecule has 2 heterocycles. The van der Waals surface area contributed by atoms with Crippen molar-refractivity contribution in [3.63, 3.8) is 0 Å². The lowest BCUT2D eigenvalue weighted by atomic mass is 9.69. The second-order valence-corrected chi connectivity index (χ2v) is 4.31. The maximum atomic E-state index is 9.29. The van der Waals surface area contributed by atoms with Crippen molar-refractivity contribution in [3.8, 4) is 0 Å². The maximum Gasteiger partial charge on any atom is 0.454 e. The van der Waals surface area contributed by atoms with Crippen molar-refractivity contribution in [1.82, 2.24) is 4.90 Å². The van der Waals surface area contributed by atoms with Crippen LogP contribution in [0.25, 0.3) is 0 Å². The molecule has 1 unspecified atom stereocenters. The third-order valence-corrected chi connectivity index (χ3v) is 3.04. The molecule has 0 saturated carbocycles. The number of piperidine rings is 1. The van der Waals surface area contributed by atoms with Crippen molar-refractivity contribution in [1.29, 1.82) is 0 Å². The van der Waals surface area contributed by atoms with Gasteiger partial charge in [-0.3, -0.25) is 0 Å². The van der Waals surface area contributed by atoms with Gasteiger partial charge in [0.2, 0.25) is 0 Å². The molecule has 0 radical (unpaired) electrons. The summed E-state index contributed by atoms with van der Waals surface area (Å²) in [5, 5.41) is 9.29. The smallest absolute Gasteiger partial charge is 0.427 e. The fourth-order valence-corrected chi connectivity index (χ4v) is 2.50. The van der Waals surface area contributed by atoms with E-state index in [4.69, 9.17) is 4.65 Å². The second kappa shape index (κ2) is 3.02. The minimum absolute atomic E-state index is 0.270. The van der Waals surface area contributed by atoms with Crippen LogP contribution in [0.1, 0.15) is 12.8 Å². The van der Waals surface area contributed by atoms with E-state index in [-0.39, 0.29) is 5.41 Å². The highest BCUT2D eigenvalue weighted by molar-refractivity contribution is 6.43. The van der Waals surface area contributed by atoms with Crippen molar-refractivity contribution in [3.05, 3.63) is 0 Å². The SMILES string of the molecule is CN1CCCC2(COB(O)C2)C1. The lowest BCUT2D eigenvalue weighted by Crippen LogP contribution is -2.41. The first-order valence-corrected chi connectivity index (χ1v) is 4.68. The van der Waals surface area contributed by atoms with E-state index in [1.807, 2.05) is 0 Å². The van der Waals surface area contributed by atoms with Crippen molar-refractivity contribution < 1.29 is 9.68 Å². The van der Waals surface area contributed by atoms with Crippen LogP contribution in [0, 0.1) is 5.41 Å². The summed E-state index contributed by atoms with van der Waals surface area (Å²) in [5.41, 5.74) is 0.270. The average molecular weight is 169 g/mol. The molecule has 0 aromatic carbocycles. The van der Waals surface area contributed by atoms with E-state index < -0.39 is 7.12 Å². The van der Waals surface area contributed by atoms with E-state index in [0.717, 1.165) is 19.5 Å². The minimum Gasteiger partial charge on any atom is -0.427 e. The van der Waals surface area contributed by atoms with Crippen molar-refractivity contribution in [2.75, 3.05) is 26.7 Å². The van der Waals surface area contributed by atoms with Gasteiger partial charge in [-0.2, -0.15) is 0 Å². The molecule has 0 amide bonds. The number of nitrogens with zero attached hydrogens (tertiary/aromatic N) is 1. The molecule has 0 aromatic heterocycles. The zero-order valence-electron chi connectivity index (χ0n) is 7.62. The van der Waals surface area contributed by atoms with E-state index >= 15 is 0 Å². The molecule has 1 N–H and O–H groups in total.